The molecule has 0 fully saturated rings. The number of carbonyl (C=O) groups is 2. The summed E-state index contributed by atoms with van der Waals surface area (Å²) < 4.78 is 6.29. The lowest BCUT2D eigenvalue weighted by Gasteiger charge is -2.08. The monoisotopic (exact) mass is 268 g/mol. The second-order valence-corrected chi connectivity index (χ2v) is 3.88. The molecule has 0 atom stereocenters. The van der Waals surface area contributed by atoms with Gasteiger partial charge < -0.3 is 19.7 Å². The third-order valence-electron chi connectivity index (χ3n) is 2.37. The molecule has 1 heterocycles. The van der Waals surface area contributed by atoms with Gasteiger partial charge in [0.05, 0.1) is 18.7 Å². The Labute approximate surface area is 109 Å². The third kappa shape index (κ3) is 5.35. The first-order valence-electron chi connectivity index (χ1n) is 5.74. The first-order chi connectivity index (χ1) is 9.02. The van der Waals surface area contributed by atoms with Crippen molar-refractivity contribution in [2.45, 2.75) is 19.4 Å². The number of hydrogen-bond acceptors (Lipinski definition) is 4. The van der Waals surface area contributed by atoms with Crippen molar-refractivity contribution in [3.63, 3.8) is 0 Å². The van der Waals surface area contributed by atoms with Gasteiger partial charge in [0.2, 0.25) is 5.91 Å². The van der Waals surface area contributed by atoms with Crippen LogP contribution in [-0.2, 0) is 20.9 Å². The lowest BCUT2D eigenvalue weighted by Crippen LogP contribution is -2.22. The van der Waals surface area contributed by atoms with Gasteiger partial charge in [-0.2, -0.15) is 0 Å². The summed E-state index contributed by atoms with van der Waals surface area (Å²) in [5.41, 5.74) is 0.256. The van der Waals surface area contributed by atoms with Gasteiger partial charge in [0.25, 0.3) is 5.56 Å². The molecular weight excluding hydrogens is 252 g/mol. The number of rotatable bonds is 7. The topological polar surface area (TPSA) is 97.6 Å². The third-order valence-corrected chi connectivity index (χ3v) is 2.37. The van der Waals surface area contributed by atoms with Crippen molar-refractivity contribution in [1.82, 2.24) is 4.57 Å². The average Bonchev–Trinajstić information content (AvgIpc) is 2.37. The lowest BCUT2D eigenvalue weighted by molar-refractivity contribution is -0.138. The first-order valence-corrected chi connectivity index (χ1v) is 5.74. The van der Waals surface area contributed by atoms with Gasteiger partial charge in [-0.1, -0.05) is 0 Å². The maximum absolute atomic E-state index is 11.5. The molecule has 0 aliphatic rings. The van der Waals surface area contributed by atoms with Gasteiger partial charge in [-0.05, 0) is 6.07 Å². The van der Waals surface area contributed by atoms with E-state index in [9.17, 15) is 14.4 Å². The number of ether oxygens (including phenoxy) is 1. The highest BCUT2D eigenvalue weighted by atomic mass is 16.5. The van der Waals surface area contributed by atoms with Crippen LogP contribution in [0.1, 0.15) is 12.8 Å². The molecule has 104 valence electrons. The number of pyridine rings is 1. The van der Waals surface area contributed by atoms with Gasteiger partial charge >= 0.3 is 5.97 Å². The summed E-state index contributed by atoms with van der Waals surface area (Å²) in [6.45, 7) is 0.768. The number of aromatic nitrogens is 1. The van der Waals surface area contributed by atoms with Crippen LogP contribution in [0.25, 0.3) is 0 Å². The molecule has 1 amide bonds. The van der Waals surface area contributed by atoms with Gasteiger partial charge in [0, 0.05) is 32.3 Å². The summed E-state index contributed by atoms with van der Waals surface area (Å²) in [6, 6.07) is 2.81. The van der Waals surface area contributed by atoms with Crippen LogP contribution in [0.4, 0.5) is 5.69 Å². The molecule has 0 unspecified atom stereocenters. The van der Waals surface area contributed by atoms with Crippen molar-refractivity contribution in [2.24, 2.45) is 0 Å². The summed E-state index contributed by atoms with van der Waals surface area (Å²) >= 11 is 0. The minimum atomic E-state index is -1.03. The Morgan fingerprint density at radius 2 is 2.11 bits per heavy atom. The Bertz CT molecular complexity index is 509. The smallest absolute Gasteiger partial charge is 0.303 e. The molecule has 1 aromatic heterocycles. The lowest BCUT2D eigenvalue weighted by atomic mass is 10.3. The number of carboxylic acids is 1. The zero-order chi connectivity index (χ0) is 14.3. The number of nitrogens with one attached hydrogen (secondary N) is 1. The van der Waals surface area contributed by atoms with E-state index in [4.69, 9.17) is 9.84 Å². The molecule has 7 nitrogen and oxygen atoms in total. The van der Waals surface area contributed by atoms with E-state index in [2.05, 4.69) is 5.32 Å². The fourth-order valence-corrected chi connectivity index (χ4v) is 1.41. The Hall–Kier alpha value is -2.15. The normalized spacial score (nSPS) is 10.2. The standard InChI is InChI=1S/C12H16N2O5/c1-19-7-6-14-8-9(2-4-11(14)16)13-10(15)3-5-12(17)18/h2,4,8H,3,5-7H2,1H3,(H,13,15)(H,17,18). The van der Waals surface area contributed by atoms with Gasteiger partial charge in [0.15, 0.2) is 0 Å². The van der Waals surface area contributed by atoms with Gasteiger partial charge in [-0.25, -0.2) is 0 Å². The van der Waals surface area contributed by atoms with Gasteiger partial charge in [0.1, 0.15) is 0 Å². The molecular formula is C12H16N2O5. The van der Waals surface area contributed by atoms with Crippen molar-refractivity contribution < 1.29 is 19.4 Å². The van der Waals surface area contributed by atoms with Crippen LogP contribution in [0.3, 0.4) is 0 Å². The number of hydrogen-bond donors (Lipinski definition) is 2. The molecule has 0 aromatic carbocycles. The number of methoxy groups -OCH3 is 1. The van der Waals surface area contributed by atoms with E-state index in [1.54, 1.807) is 0 Å². The van der Waals surface area contributed by atoms with Crippen molar-refractivity contribution in [1.29, 1.82) is 0 Å². The molecule has 7 heteroatoms. The van der Waals surface area contributed by atoms with E-state index in [1.165, 1.54) is 30.0 Å². The van der Waals surface area contributed by atoms with Crippen molar-refractivity contribution >= 4 is 17.6 Å². The predicted molar refractivity (Wildman–Crippen MR) is 68.1 cm³/mol. The minimum Gasteiger partial charge on any atom is -0.481 e. The maximum Gasteiger partial charge on any atom is 0.303 e. The maximum atomic E-state index is 11.5. The Morgan fingerprint density at radius 1 is 1.37 bits per heavy atom. The van der Waals surface area contributed by atoms with E-state index in [1.807, 2.05) is 0 Å². The quantitative estimate of drug-likeness (QED) is 0.741. The van der Waals surface area contributed by atoms with Crippen LogP contribution >= 0.6 is 0 Å². The van der Waals surface area contributed by atoms with E-state index < -0.39 is 11.9 Å². The summed E-state index contributed by atoms with van der Waals surface area (Å²) in [5.74, 6) is -1.43. The average molecular weight is 268 g/mol. The SMILES string of the molecule is COCCn1cc(NC(=O)CCC(=O)O)ccc1=O. The molecule has 0 aliphatic heterocycles. The number of carboxylic acid groups (broad SMARTS) is 1. The van der Waals surface area contributed by atoms with Crippen LogP contribution in [0.15, 0.2) is 23.1 Å². The number of aliphatic carboxylic acids is 1. The van der Waals surface area contributed by atoms with Crippen molar-refractivity contribution in [2.75, 3.05) is 19.0 Å². The number of nitrogens with zero attached hydrogens (tertiary/aromatic N) is 1. The highest BCUT2D eigenvalue weighted by Crippen LogP contribution is 2.04. The number of amides is 1. The number of carbonyl (C=O) groups excluding carboxylic acids is 1. The predicted octanol–water partition coefficient (Wildman–Crippen LogP) is 0.298. The van der Waals surface area contributed by atoms with Gasteiger partial charge in [-0.15, -0.1) is 0 Å². The summed E-state index contributed by atoms with van der Waals surface area (Å²) in [7, 11) is 1.53. The molecule has 0 saturated heterocycles. The fraction of sp³-hybridized carbons (Fsp3) is 0.417. The first kappa shape index (κ1) is 14.9. The molecule has 0 spiro atoms. The Morgan fingerprint density at radius 3 is 2.74 bits per heavy atom. The Kier molecular flexibility index (Phi) is 5.74. The van der Waals surface area contributed by atoms with E-state index >= 15 is 0 Å². The molecule has 0 aliphatic carbocycles. The molecule has 2 N–H and O–H groups in total. The summed E-state index contributed by atoms with van der Waals surface area (Å²) in [6.07, 6.45) is 1.17. The zero-order valence-electron chi connectivity index (χ0n) is 10.6. The fourth-order valence-electron chi connectivity index (χ4n) is 1.41. The highest BCUT2D eigenvalue weighted by molar-refractivity contribution is 5.92. The van der Waals surface area contributed by atoms with E-state index in [0.717, 1.165) is 0 Å². The Balaban J connectivity index is 2.65. The molecule has 0 bridgehead atoms. The van der Waals surface area contributed by atoms with E-state index in [0.29, 0.717) is 18.8 Å². The molecule has 0 saturated carbocycles. The second kappa shape index (κ2) is 7.32. The molecule has 19 heavy (non-hydrogen) atoms. The van der Waals surface area contributed by atoms with Crippen LogP contribution in [0.5, 0.6) is 0 Å². The van der Waals surface area contributed by atoms with Crippen LogP contribution in [-0.4, -0.2) is 35.3 Å². The van der Waals surface area contributed by atoms with Crippen LogP contribution in [0.2, 0.25) is 0 Å². The summed E-state index contributed by atoms with van der Waals surface area (Å²) in [5, 5.41) is 11.0. The largest absolute Gasteiger partial charge is 0.481 e. The van der Waals surface area contributed by atoms with Crippen molar-refractivity contribution in [3.8, 4) is 0 Å². The molecule has 1 aromatic rings. The van der Waals surface area contributed by atoms with Crippen LogP contribution < -0.4 is 10.9 Å². The number of anilines is 1. The highest BCUT2D eigenvalue weighted by Gasteiger charge is 2.06. The minimum absolute atomic E-state index is 0.105. The summed E-state index contributed by atoms with van der Waals surface area (Å²) in [4.78, 5) is 33.3. The molecule has 0 radical (unpaired) electrons. The van der Waals surface area contributed by atoms with Crippen molar-refractivity contribution in [3.05, 3.63) is 28.7 Å². The van der Waals surface area contributed by atoms with Crippen LogP contribution in [0, 0.1) is 0 Å². The van der Waals surface area contributed by atoms with Gasteiger partial charge in [-0.3, -0.25) is 14.4 Å². The van der Waals surface area contributed by atoms with E-state index in [-0.39, 0.29) is 18.4 Å². The zero-order valence-corrected chi connectivity index (χ0v) is 10.6. The second-order valence-electron chi connectivity index (χ2n) is 3.88. The molecule has 1 rings (SSSR count).